The molecule has 1 N–H and O–H groups in total. The summed E-state index contributed by atoms with van der Waals surface area (Å²) in [5, 5.41) is 1.71. The molecule has 2 bridgehead atoms. The molecule has 0 spiro atoms. The van der Waals surface area contributed by atoms with Crippen LogP contribution in [0.15, 0.2) is 12.2 Å². The highest BCUT2D eigenvalue weighted by Gasteiger charge is 2.73. The van der Waals surface area contributed by atoms with Crippen LogP contribution in [0.25, 0.3) is 0 Å². The molecule has 3 heterocycles. The van der Waals surface area contributed by atoms with Crippen LogP contribution >= 0.6 is 0 Å². The van der Waals surface area contributed by atoms with E-state index in [0.717, 1.165) is 0 Å². The predicted octanol–water partition coefficient (Wildman–Crippen LogP) is -0.734. The van der Waals surface area contributed by atoms with Crippen LogP contribution in [0.4, 0.5) is 0 Å². The maximum absolute atomic E-state index is 12.0. The van der Waals surface area contributed by atoms with Crippen LogP contribution in [0.2, 0.25) is 0 Å². The molecule has 1 amide bonds. The van der Waals surface area contributed by atoms with Crippen molar-refractivity contribution in [2.45, 2.75) is 49.4 Å². The highest BCUT2D eigenvalue weighted by atomic mass is 32.2. The third kappa shape index (κ3) is 3.19. The fraction of sp³-hybridized carbons (Fsp3) is 0.733. The van der Waals surface area contributed by atoms with Crippen molar-refractivity contribution in [3.05, 3.63) is 12.2 Å². The van der Waals surface area contributed by atoms with Gasteiger partial charge in [0, 0.05) is 5.57 Å². The molecular weight excluding hydrogens is 354 g/mol. The molecule has 140 valence electrons. The van der Waals surface area contributed by atoms with Gasteiger partial charge in [-0.1, -0.05) is 6.58 Å². The second kappa shape index (κ2) is 6.35. The van der Waals surface area contributed by atoms with Crippen LogP contribution in [0, 0.1) is 0 Å². The fourth-order valence-electron chi connectivity index (χ4n) is 3.52. The van der Waals surface area contributed by atoms with E-state index in [1.807, 2.05) is 0 Å². The number of amides is 1. The first-order chi connectivity index (χ1) is 11.6. The molecule has 3 aliphatic heterocycles. The SMILES string of the molecule is C=C(C)C(=O)NCC(=O)OCCOC1C2CC3C(C)(O2)C1OS3(=O)=O. The molecule has 0 aromatic rings. The van der Waals surface area contributed by atoms with Gasteiger partial charge < -0.3 is 19.5 Å². The van der Waals surface area contributed by atoms with Crippen molar-refractivity contribution in [2.24, 2.45) is 0 Å². The Morgan fingerprint density at radius 2 is 2.08 bits per heavy atom. The summed E-state index contributed by atoms with van der Waals surface area (Å²) in [6.07, 6.45) is -1.19. The molecule has 3 rings (SSSR count). The molecule has 0 saturated carbocycles. The van der Waals surface area contributed by atoms with Gasteiger partial charge in [0.25, 0.3) is 10.1 Å². The van der Waals surface area contributed by atoms with Crippen molar-refractivity contribution in [1.29, 1.82) is 0 Å². The van der Waals surface area contributed by atoms with Crippen LogP contribution in [0.1, 0.15) is 20.3 Å². The van der Waals surface area contributed by atoms with E-state index in [2.05, 4.69) is 11.9 Å². The standard InChI is InChI=1S/C15H21NO8S/c1-8(2)14(18)16-7-11(17)21-4-5-22-12-9-6-10-15(3,23-9)13(12)24-25(10,19)20/h9-10,12-13H,1,4-7H2,2-3H3,(H,16,18). The summed E-state index contributed by atoms with van der Waals surface area (Å²) in [6, 6.07) is 0. The molecule has 0 radical (unpaired) electrons. The molecule has 5 unspecified atom stereocenters. The van der Waals surface area contributed by atoms with Crippen LogP contribution < -0.4 is 5.32 Å². The fourth-order valence-corrected chi connectivity index (χ4v) is 5.43. The molecule has 3 saturated heterocycles. The first-order valence-electron chi connectivity index (χ1n) is 7.96. The molecule has 25 heavy (non-hydrogen) atoms. The van der Waals surface area contributed by atoms with Gasteiger partial charge in [0.2, 0.25) is 5.91 Å². The highest BCUT2D eigenvalue weighted by Crippen LogP contribution is 2.54. The predicted molar refractivity (Wildman–Crippen MR) is 84.0 cm³/mol. The van der Waals surface area contributed by atoms with Crippen LogP contribution in [0.3, 0.4) is 0 Å². The van der Waals surface area contributed by atoms with E-state index in [1.54, 1.807) is 6.92 Å². The lowest BCUT2D eigenvalue weighted by molar-refractivity contribution is -0.146. The second-order valence-corrected chi connectivity index (χ2v) is 8.34. The molecule has 0 aromatic heterocycles. The topological polar surface area (TPSA) is 117 Å². The molecule has 5 atom stereocenters. The van der Waals surface area contributed by atoms with Crippen LogP contribution in [-0.2, 0) is 38.1 Å². The zero-order chi connectivity index (χ0) is 18.4. The Morgan fingerprint density at radius 3 is 2.76 bits per heavy atom. The van der Waals surface area contributed by atoms with Gasteiger partial charge in [0.1, 0.15) is 36.2 Å². The first kappa shape index (κ1) is 18.3. The molecule has 9 nitrogen and oxygen atoms in total. The van der Waals surface area contributed by atoms with Gasteiger partial charge in [0.05, 0.1) is 12.7 Å². The molecule has 10 heteroatoms. The molecule has 0 aliphatic carbocycles. The number of carbonyl (C=O) groups excluding carboxylic acids is 2. The Kier molecular flexibility index (Phi) is 4.65. The Hall–Kier alpha value is -1.49. The quantitative estimate of drug-likeness (QED) is 0.268. The maximum atomic E-state index is 12.0. The average molecular weight is 375 g/mol. The van der Waals surface area contributed by atoms with Crippen LogP contribution in [-0.4, -0.2) is 69.2 Å². The van der Waals surface area contributed by atoms with E-state index >= 15 is 0 Å². The monoisotopic (exact) mass is 375 g/mol. The number of rotatable bonds is 7. The van der Waals surface area contributed by atoms with E-state index in [1.165, 1.54) is 6.92 Å². The van der Waals surface area contributed by atoms with Gasteiger partial charge >= 0.3 is 5.97 Å². The van der Waals surface area contributed by atoms with Gasteiger partial charge in [-0.05, 0) is 20.3 Å². The Morgan fingerprint density at radius 1 is 1.36 bits per heavy atom. The normalized spacial score (nSPS) is 37.0. The summed E-state index contributed by atoms with van der Waals surface area (Å²) in [6.45, 7) is 6.50. The van der Waals surface area contributed by atoms with Crippen molar-refractivity contribution >= 4 is 22.0 Å². The minimum atomic E-state index is -3.63. The summed E-state index contributed by atoms with van der Waals surface area (Å²) in [7, 11) is -3.63. The first-order valence-corrected chi connectivity index (χ1v) is 9.43. The van der Waals surface area contributed by atoms with Crippen molar-refractivity contribution in [3.8, 4) is 0 Å². The number of hydrogen-bond donors (Lipinski definition) is 1. The number of esters is 1. The van der Waals surface area contributed by atoms with E-state index in [-0.39, 0.29) is 25.9 Å². The summed E-state index contributed by atoms with van der Waals surface area (Å²) >= 11 is 0. The summed E-state index contributed by atoms with van der Waals surface area (Å²) < 4.78 is 45.4. The largest absolute Gasteiger partial charge is 0.462 e. The van der Waals surface area contributed by atoms with E-state index < -0.39 is 45.1 Å². The Bertz CT molecular complexity index is 704. The van der Waals surface area contributed by atoms with Crippen molar-refractivity contribution in [1.82, 2.24) is 5.32 Å². The third-order valence-corrected chi connectivity index (χ3v) is 6.58. The molecule has 0 aromatic carbocycles. The van der Waals surface area contributed by atoms with Gasteiger partial charge in [-0.2, -0.15) is 8.42 Å². The number of fused-ring (bicyclic) bond motifs is 1. The smallest absolute Gasteiger partial charge is 0.325 e. The number of carbonyl (C=O) groups is 2. The zero-order valence-corrected chi connectivity index (χ0v) is 14.8. The lowest BCUT2D eigenvalue weighted by atomic mass is 9.85. The van der Waals surface area contributed by atoms with Crippen molar-refractivity contribution in [3.63, 3.8) is 0 Å². The van der Waals surface area contributed by atoms with E-state index in [4.69, 9.17) is 18.4 Å². The minimum Gasteiger partial charge on any atom is -0.462 e. The van der Waals surface area contributed by atoms with Gasteiger partial charge in [-0.15, -0.1) is 0 Å². The maximum Gasteiger partial charge on any atom is 0.325 e. The van der Waals surface area contributed by atoms with Gasteiger partial charge in [-0.25, -0.2) is 0 Å². The molecular formula is C15H21NO8S. The number of nitrogens with one attached hydrogen (secondary N) is 1. The van der Waals surface area contributed by atoms with Gasteiger partial charge in [0.15, 0.2) is 0 Å². The zero-order valence-electron chi connectivity index (χ0n) is 14.0. The minimum absolute atomic E-state index is 0.0232. The Labute approximate surface area is 145 Å². The summed E-state index contributed by atoms with van der Waals surface area (Å²) in [4.78, 5) is 22.8. The van der Waals surface area contributed by atoms with Crippen molar-refractivity contribution < 1.29 is 36.4 Å². The molecule has 3 aliphatic rings. The van der Waals surface area contributed by atoms with Crippen LogP contribution in [0.5, 0.6) is 0 Å². The third-order valence-electron chi connectivity index (χ3n) is 4.74. The van der Waals surface area contributed by atoms with Gasteiger partial charge in [-0.3, -0.25) is 13.8 Å². The molecule has 3 fully saturated rings. The van der Waals surface area contributed by atoms with E-state index in [9.17, 15) is 18.0 Å². The summed E-state index contributed by atoms with van der Waals surface area (Å²) in [5.41, 5.74) is -0.580. The number of ether oxygens (including phenoxy) is 3. The highest BCUT2D eigenvalue weighted by molar-refractivity contribution is 7.87. The van der Waals surface area contributed by atoms with E-state index in [0.29, 0.717) is 12.0 Å². The Balaban J connectivity index is 1.42. The second-order valence-electron chi connectivity index (χ2n) is 6.59. The average Bonchev–Trinajstić information content (AvgIpc) is 3.03. The van der Waals surface area contributed by atoms with Crippen molar-refractivity contribution in [2.75, 3.05) is 19.8 Å². The number of hydrogen-bond acceptors (Lipinski definition) is 8. The lowest BCUT2D eigenvalue weighted by Crippen LogP contribution is -2.47. The lowest BCUT2D eigenvalue weighted by Gasteiger charge is -2.26. The summed E-state index contributed by atoms with van der Waals surface area (Å²) in [5.74, 6) is -1.02.